The molecule has 1 heterocycles. The smallest absolute Gasteiger partial charge is 0.227 e. The molecule has 1 saturated heterocycles. The lowest BCUT2D eigenvalue weighted by Gasteiger charge is -2.28. The summed E-state index contributed by atoms with van der Waals surface area (Å²) in [5.74, 6) is 0.335. The summed E-state index contributed by atoms with van der Waals surface area (Å²) in [5, 5.41) is 0. The van der Waals surface area contributed by atoms with Crippen LogP contribution in [0.2, 0.25) is 0 Å². The molecule has 1 saturated carbocycles. The Kier molecular flexibility index (Phi) is 4.05. The minimum Gasteiger partial charge on any atom is -0.344 e. The van der Waals surface area contributed by atoms with E-state index in [1.807, 2.05) is 11.9 Å². The van der Waals surface area contributed by atoms with Gasteiger partial charge in [-0.25, -0.2) is 0 Å². The monoisotopic (exact) mass is 239 g/mol. The number of nitrogens with two attached hydrogens (primary N) is 1. The third-order valence-electron chi connectivity index (χ3n) is 4.42. The molecule has 3 atom stereocenters. The summed E-state index contributed by atoms with van der Waals surface area (Å²) in [4.78, 5) is 16.5. The third kappa shape index (κ3) is 2.80. The molecule has 1 aliphatic carbocycles. The lowest BCUT2D eigenvalue weighted by molar-refractivity contribution is -0.134. The largest absolute Gasteiger partial charge is 0.344 e. The fourth-order valence-electron chi connectivity index (χ4n) is 3.19. The SMILES string of the molecule is CN(CC1CCCN1C)C(=O)C1CCCC1N. The van der Waals surface area contributed by atoms with Crippen LogP contribution in [0, 0.1) is 5.92 Å². The van der Waals surface area contributed by atoms with E-state index in [1.165, 1.54) is 12.8 Å². The highest BCUT2D eigenvalue weighted by Gasteiger charge is 2.33. The Morgan fingerprint density at radius 3 is 2.65 bits per heavy atom. The van der Waals surface area contributed by atoms with Crippen molar-refractivity contribution in [2.45, 2.75) is 44.2 Å². The van der Waals surface area contributed by atoms with Crippen LogP contribution in [-0.2, 0) is 4.79 Å². The molecule has 98 valence electrons. The van der Waals surface area contributed by atoms with Gasteiger partial charge in [0.15, 0.2) is 0 Å². The molecule has 2 aliphatic rings. The molecule has 0 aromatic rings. The van der Waals surface area contributed by atoms with E-state index >= 15 is 0 Å². The van der Waals surface area contributed by atoms with Gasteiger partial charge in [-0.2, -0.15) is 0 Å². The van der Waals surface area contributed by atoms with Crippen molar-refractivity contribution in [3.05, 3.63) is 0 Å². The molecule has 2 N–H and O–H groups in total. The van der Waals surface area contributed by atoms with Crippen LogP contribution in [0.3, 0.4) is 0 Å². The first-order chi connectivity index (χ1) is 8.09. The highest BCUT2D eigenvalue weighted by Crippen LogP contribution is 2.26. The van der Waals surface area contributed by atoms with Gasteiger partial charge in [-0.1, -0.05) is 6.42 Å². The molecule has 0 aromatic carbocycles. The van der Waals surface area contributed by atoms with E-state index in [4.69, 9.17) is 5.73 Å². The highest BCUT2D eigenvalue weighted by atomic mass is 16.2. The van der Waals surface area contributed by atoms with Crippen molar-refractivity contribution < 1.29 is 4.79 Å². The van der Waals surface area contributed by atoms with Crippen LogP contribution in [0.25, 0.3) is 0 Å². The maximum atomic E-state index is 12.3. The number of likely N-dealkylation sites (N-methyl/N-ethyl adjacent to an activating group) is 2. The Bertz CT molecular complexity index is 282. The van der Waals surface area contributed by atoms with E-state index in [0.29, 0.717) is 6.04 Å². The van der Waals surface area contributed by atoms with Crippen LogP contribution in [0.5, 0.6) is 0 Å². The maximum absolute atomic E-state index is 12.3. The minimum atomic E-state index is 0.0757. The van der Waals surface area contributed by atoms with Crippen LogP contribution >= 0.6 is 0 Å². The topological polar surface area (TPSA) is 49.6 Å². The number of nitrogens with zero attached hydrogens (tertiary/aromatic N) is 2. The summed E-state index contributed by atoms with van der Waals surface area (Å²) in [6.07, 6.45) is 5.56. The molecule has 3 unspecified atom stereocenters. The van der Waals surface area contributed by atoms with Crippen molar-refractivity contribution in [2.24, 2.45) is 11.7 Å². The summed E-state index contributed by atoms with van der Waals surface area (Å²) in [7, 11) is 4.08. The molecule has 4 nitrogen and oxygen atoms in total. The van der Waals surface area contributed by atoms with Gasteiger partial charge in [0.05, 0.1) is 5.92 Å². The molecule has 0 bridgehead atoms. The quantitative estimate of drug-likeness (QED) is 0.787. The van der Waals surface area contributed by atoms with E-state index in [0.717, 1.165) is 32.4 Å². The van der Waals surface area contributed by atoms with Crippen molar-refractivity contribution in [3.8, 4) is 0 Å². The van der Waals surface area contributed by atoms with Crippen molar-refractivity contribution in [1.29, 1.82) is 0 Å². The second-order valence-corrected chi connectivity index (χ2v) is 5.70. The summed E-state index contributed by atoms with van der Waals surface area (Å²) < 4.78 is 0. The average molecular weight is 239 g/mol. The van der Waals surface area contributed by atoms with Gasteiger partial charge in [-0.15, -0.1) is 0 Å². The van der Waals surface area contributed by atoms with Crippen LogP contribution in [0.15, 0.2) is 0 Å². The van der Waals surface area contributed by atoms with Gasteiger partial charge in [-0.05, 0) is 39.3 Å². The number of carbonyl (C=O) groups excluding carboxylic acids is 1. The Morgan fingerprint density at radius 2 is 2.12 bits per heavy atom. The maximum Gasteiger partial charge on any atom is 0.227 e. The van der Waals surface area contributed by atoms with Gasteiger partial charge < -0.3 is 15.5 Å². The predicted octanol–water partition coefficient (Wildman–Crippen LogP) is 0.666. The molecular weight excluding hydrogens is 214 g/mol. The fraction of sp³-hybridized carbons (Fsp3) is 0.923. The number of likely N-dealkylation sites (tertiary alicyclic amines) is 1. The molecule has 2 rings (SSSR count). The molecule has 4 heteroatoms. The highest BCUT2D eigenvalue weighted by molar-refractivity contribution is 5.79. The Labute approximate surface area is 104 Å². The van der Waals surface area contributed by atoms with Crippen LogP contribution in [-0.4, -0.2) is 55.0 Å². The van der Waals surface area contributed by atoms with Gasteiger partial charge in [0, 0.05) is 25.7 Å². The van der Waals surface area contributed by atoms with E-state index in [1.54, 1.807) is 0 Å². The van der Waals surface area contributed by atoms with Crippen molar-refractivity contribution in [3.63, 3.8) is 0 Å². The Morgan fingerprint density at radius 1 is 1.35 bits per heavy atom. The first kappa shape index (κ1) is 12.8. The summed E-state index contributed by atoms with van der Waals surface area (Å²) in [6, 6.07) is 0.632. The number of hydrogen-bond acceptors (Lipinski definition) is 3. The molecule has 17 heavy (non-hydrogen) atoms. The minimum absolute atomic E-state index is 0.0757. The summed E-state index contributed by atoms with van der Waals surface area (Å²) in [5.41, 5.74) is 6.00. The standard InChI is InChI=1S/C13H25N3O/c1-15-8-4-5-10(15)9-16(2)13(17)11-6-3-7-12(11)14/h10-12H,3-9,14H2,1-2H3. The fourth-order valence-corrected chi connectivity index (χ4v) is 3.19. The van der Waals surface area contributed by atoms with Gasteiger partial charge in [0.2, 0.25) is 5.91 Å². The third-order valence-corrected chi connectivity index (χ3v) is 4.42. The van der Waals surface area contributed by atoms with Gasteiger partial charge in [0.1, 0.15) is 0 Å². The molecular formula is C13H25N3O. The van der Waals surface area contributed by atoms with E-state index in [9.17, 15) is 4.79 Å². The van der Waals surface area contributed by atoms with E-state index < -0.39 is 0 Å². The first-order valence-electron chi connectivity index (χ1n) is 6.80. The van der Waals surface area contributed by atoms with Crippen LogP contribution in [0.1, 0.15) is 32.1 Å². The van der Waals surface area contributed by atoms with Crippen molar-refractivity contribution >= 4 is 5.91 Å². The van der Waals surface area contributed by atoms with Gasteiger partial charge in [0.25, 0.3) is 0 Å². The zero-order valence-electron chi connectivity index (χ0n) is 11.1. The lowest BCUT2D eigenvalue weighted by Crippen LogP contribution is -2.44. The molecule has 1 amide bonds. The Balaban J connectivity index is 1.86. The number of rotatable bonds is 3. The van der Waals surface area contributed by atoms with Gasteiger partial charge in [-0.3, -0.25) is 4.79 Å². The molecule has 1 aliphatic heterocycles. The van der Waals surface area contributed by atoms with Crippen LogP contribution in [0.4, 0.5) is 0 Å². The molecule has 0 radical (unpaired) electrons. The second kappa shape index (κ2) is 5.36. The predicted molar refractivity (Wildman–Crippen MR) is 68.6 cm³/mol. The van der Waals surface area contributed by atoms with E-state index in [2.05, 4.69) is 11.9 Å². The molecule has 0 spiro atoms. The van der Waals surface area contributed by atoms with Crippen LogP contribution < -0.4 is 5.73 Å². The number of amides is 1. The second-order valence-electron chi connectivity index (χ2n) is 5.70. The normalized spacial score (nSPS) is 34.2. The van der Waals surface area contributed by atoms with Crippen molar-refractivity contribution in [1.82, 2.24) is 9.80 Å². The zero-order chi connectivity index (χ0) is 12.4. The Hall–Kier alpha value is -0.610. The average Bonchev–Trinajstić information content (AvgIpc) is 2.88. The number of hydrogen-bond donors (Lipinski definition) is 1. The summed E-state index contributed by atoms with van der Waals surface area (Å²) >= 11 is 0. The lowest BCUT2D eigenvalue weighted by atomic mass is 10.0. The van der Waals surface area contributed by atoms with Crippen molar-refractivity contribution in [2.75, 3.05) is 27.2 Å². The zero-order valence-corrected chi connectivity index (χ0v) is 11.1. The van der Waals surface area contributed by atoms with Gasteiger partial charge >= 0.3 is 0 Å². The van der Waals surface area contributed by atoms with E-state index in [-0.39, 0.29) is 17.9 Å². The first-order valence-corrected chi connectivity index (χ1v) is 6.80. The molecule has 0 aromatic heterocycles. The molecule has 2 fully saturated rings. The number of carbonyl (C=O) groups is 1. The summed E-state index contributed by atoms with van der Waals surface area (Å²) in [6.45, 7) is 2.02.